The number of hydrogen-bond acceptors (Lipinski definition) is 3. The molecule has 5 nitrogen and oxygen atoms in total. The number of hydrogen-bond donors (Lipinski definition) is 1. The van der Waals surface area contributed by atoms with Crippen LogP contribution in [-0.4, -0.2) is 39.3 Å². The first-order chi connectivity index (χ1) is 8.78. The number of nitrogens with one attached hydrogen (secondary N) is 1. The second-order valence-electron chi connectivity index (χ2n) is 4.18. The van der Waals surface area contributed by atoms with E-state index in [2.05, 4.69) is 21.2 Å². The average molecular weight is 349 g/mol. The standard InChI is InChI=1S/C12H17BrN2O3S/c1-9-4-5-11(10(13)8-9)19(17,18)15(3)7-6-12(16)14-2/h4-5,8H,6-7H2,1-3H3,(H,14,16). The molecule has 1 rings (SSSR count). The summed E-state index contributed by atoms with van der Waals surface area (Å²) in [6, 6.07) is 5.05. The molecule has 0 aliphatic rings. The average Bonchev–Trinajstić information content (AvgIpc) is 2.34. The van der Waals surface area contributed by atoms with Crippen LogP contribution in [-0.2, 0) is 14.8 Å². The number of rotatable bonds is 5. The molecule has 0 aromatic heterocycles. The fourth-order valence-corrected chi connectivity index (χ4v) is 3.81. The van der Waals surface area contributed by atoms with Crippen LogP contribution in [0, 0.1) is 6.92 Å². The summed E-state index contributed by atoms with van der Waals surface area (Å²) in [4.78, 5) is 11.4. The highest BCUT2D eigenvalue weighted by Crippen LogP contribution is 2.25. The lowest BCUT2D eigenvalue weighted by atomic mass is 10.2. The van der Waals surface area contributed by atoms with E-state index in [9.17, 15) is 13.2 Å². The van der Waals surface area contributed by atoms with E-state index < -0.39 is 10.0 Å². The molecule has 0 spiro atoms. The van der Waals surface area contributed by atoms with Crippen LogP contribution >= 0.6 is 15.9 Å². The van der Waals surface area contributed by atoms with Gasteiger partial charge in [0.05, 0.1) is 4.90 Å². The molecular weight excluding hydrogens is 332 g/mol. The summed E-state index contributed by atoms with van der Waals surface area (Å²) in [5, 5.41) is 2.46. The van der Waals surface area contributed by atoms with Crippen molar-refractivity contribution in [1.82, 2.24) is 9.62 Å². The lowest BCUT2D eigenvalue weighted by Crippen LogP contribution is -2.31. The molecule has 0 saturated carbocycles. The summed E-state index contributed by atoms with van der Waals surface area (Å²) >= 11 is 3.26. The SMILES string of the molecule is CNC(=O)CCN(C)S(=O)(=O)c1ccc(C)cc1Br. The van der Waals surface area contributed by atoms with Crippen molar-refractivity contribution < 1.29 is 13.2 Å². The van der Waals surface area contributed by atoms with Gasteiger partial charge in [-0.2, -0.15) is 0 Å². The van der Waals surface area contributed by atoms with Crippen LogP contribution in [0.2, 0.25) is 0 Å². The van der Waals surface area contributed by atoms with Crippen molar-refractivity contribution in [2.45, 2.75) is 18.2 Å². The van der Waals surface area contributed by atoms with Gasteiger partial charge < -0.3 is 5.32 Å². The first kappa shape index (κ1) is 16.1. The summed E-state index contributed by atoms with van der Waals surface area (Å²) in [5.41, 5.74) is 0.971. The third kappa shape index (κ3) is 4.02. The molecule has 19 heavy (non-hydrogen) atoms. The molecular formula is C12H17BrN2O3S. The summed E-state index contributed by atoms with van der Waals surface area (Å²) < 4.78 is 26.4. The van der Waals surface area contributed by atoms with Crippen molar-refractivity contribution in [2.75, 3.05) is 20.6 Å². The summed E-state index contributed by atoms with van der Waals surface area (Å²) in [7, 11) is -0.600. The molecule has 106 valence electrons. The van der Waals surface area contributed by atoms with Crippen LogP contribution in [0.25, 0.3) is 0 Å². The highest BCUT2D eigenvalue weighted by atomic mass is 79.9. The van der Waals surface area contributed by atoms with Gasteiger partial charge in [0.2, 0.25) is 15.9 Å². The highest BCUT2D eigenvalue weighted by molar-refractivity contribution is 9.10. The van der Waals surface area contributed by atoms with Gasteiger partial charge in [-0.1, -0.05) is 6.07 Å². The molecule has 1 N–H and O–H groups in total. The molecule has 0 atom stereocenters. The van der Waals surface area contributed by atoms with Gasteiger partial charge in [-0.05, 0) is 40.5 Å². The molecule has 1 aromatic rings. The summed E-state index contributed by atoms with van der Waals surface area (Å²) in [6.45, 7) is 2.03. The van der Waals surface area contributed by atoms with Gasteiger partial charge in [0, 0.05) is 31.5 Å². The summed E-state index contributed by atoms with van der Waals surface area (Å²) in [6.07, 6.45) is 0.135. The number of sulfonamides is 1. The maximum Gasteiger partial charge on any atom is 0.243 e. The van der Waals surface area contributed by atoms with Crippen molar-refractivity contribution >= 4 is 31.9 Å². The van der Waals surface area contributed by atoms with Crippen LogP contribution in [0.1, 0.15) is 12.0 Å². The topological polar surface area (TPSA) is 66.5 Å². The van der Waals surface area contributed by atoms with Crippen molar-refractivity contribution in [1.29, 1.82) is 0 Å². The number of benzene rings is 1. The Hall–Kier alpha value is -0.920. The number of halogens is 1. The first-order valence-corrected chi connectivity index (χ1v) is 7.95. The minimum absolute atomic E-state index is 0.135. The normalized spacial score (nSPS) is 11.6. The van der Waals surface area contributed by atoms with Gasteiger partial charge in [0.25, 0.3) is 0 Å². The third-order valence-corrected chi connectivity index (χ3v) is 5.54. The lowest BCUT2D eigenvalue weighted by Gasteiger charge is -2.17. The van der Waals surface area contributed by atoms with Gasteiger partial charge in [-0.3, -0.25) is 4.79 Å². The first-order valence-electron chi connectivity index (χ1n) is 5.72. The number of amides is 1. The van der Waals surface area contributed by atoms with Gasteiger partial charge in [-0.15, -0.1) is 0 Å². The fourth-order valence-electron chi connectivity index (χ4n) is 1.49. The highest BCUT2D eigenvalue weighted by Gasteiger charge is 2.23. The fraction of sp³-hybridized carbons (Fsp3) is 0.417. The predicted octanol–water partition coefficient (Wildman–Crippen LogP) is 1.51. The minimum atomic E-state index is -3.58. The van der Waals surface area contributed by atoms with Crippen molar-refractivity contribution in [3.05, 3.63) is 28.2 Å². The molecule has 0 fully saturated rings. The van der Waals surface area contributed by atoms with Crippen LogP contribution in [0.3, 0.4) is 0 Å². The number of aryl methyl sites for hydroxylation is 1. The lowest BCUT2D eigenvalue weighted by molar-refractivity contribution is -0.120. The number of carbonyl (C=O) groups excluding carboxylic acids is 1. The molecule has 0 unspecified atom stereocenters. The quantitative estimate of drug-likeness (QED) is 0.876. The van der Waals surface area contributed by atoms with E-state index in [1.807, 2.05) is 6.92 Å². The van der Waals surface area contributed by atoms with E-state index in [0.717, 1.165) is 5.56 Å². The molecule has 0 heterocycles. The Labute approximate surface area is 122 Å². The number of carbonyl (C=O) groups is 1. The van der Waals surface area contributed by atoms with Gasteiger partial charge >= 0.3 is 0 Å². The van der Waals surface area contributed by atoms with Gasteiger partial charge in [-0.25, -0.2) is 12.7 Å². The van der Waals surface area contributed by atoms with E-state index in [1.54, 1.807) is 18.2 Å². The Kier molecular flexibility index (Phi) is 5.51. The maximum atomic E-state index is 12.3. The van der Waals surface area contributed by atoms with Crippen LogP contribution in [0.5, 0.6) is 0 Å². The minimum Gasteiger partial charge on any atom is -0.359 e. The van der Waals surface area contributed by atoms with Crippen molar-refractivity contribution in [3.63, 3.8) is 0 Å². The Bertz CT molecular complexity index is 572. The second kappa shape index (κ2) is 6.49. The van der Waals surface area contributed by atoms with E-state index in [4.69, 9.17) is 0 Å². The monoisotopic (exact) mass is 348 g/mol. The summed E-state index contributed by atoms with van der Waals surface area (Å²) in [5.74, 6) is -0.190. The smallest absolute Gasteiger partial charge is 0.243 e. The zero-order valence-corrected chi connectivity index (χ0v) is 13.5. The van der Waals surface area contributed by atoms with Crippen LogP contribution in [0.4, 0.5) is 0 Å². The van der Waals surface area contributed by atoms with Crippen LogP contribution in [0.15, 0.2) is 27.6 Å². The molecule has 0 radical (unpaired) electrons. The zero-order valence-electron chi connectivity index (χ0n) is 11.1. The molecule has 1 amide bonds. The molecule has 1 aromatic carbocycles. The van der Waals surface area contributed by atoms with Gasteiger partial charge in [0.15, 0.2) is 0 Å². The molecule has 0 aliphatic carbocycles. The Morgan fingerprint density at radius 1 is 1.42 bits per heavy atom. The Morgan fingerprint density at radius 3 is 2.58 bits per heavy atom. The molecule has 0 saturated heterocycles. The Morgan fingerprint density at radius 2 is 2.05 bits per heavy atom. The van der Waals surface area contributed by atoms with Gasteiger partial charge in [0.1, 0.15) is 0 Å². The maximum absolute atomic E-state index is 12.3. The molecule has 0 bridgehead atoms. The van der Waals surface area contributed by atoms with E-state index in [-0.39, 0.29) is 23.8 Å². The molecule has 0 aliphatic heterocycles. The van der Waals surface area contributed by atoms with E-state index >= 15 is 0 Å². The predicted molar refractivity (Wildman–Crippen MR) is 77.4 cm³/mol. The van der Waals surface area contributed by atoms with Crippen LogP contribution < -0.4 is 5.32 Å². The molecule has 7 heteroatoms. The van der Waals surface area contributed by atoms with Crippen molar-refractivity contribution in [3.8, 4) is 0 Å². The largest absolute Gasteiger partial charge is 0.359 e. The second-order valence-corrected chi connectivity index (χ2v) is 7.05. The third-order valence-electron chi connectivity index (χ3n) is 2.71. The number of nitrogens with zero attached hydrogens (tertiary/aromatic N) is 1. The van der Waals surface area contributed by atoms with E-state index in [0.29, 0.717) is 4.47 Å². The zero-order chi connectivity index (χ0) is 14.6. The van der Waals surface area contributed by atoms with Crippen molar-refractivity contribution in [2.24, 2.45) is 0 Å². The van der Waals surface area contributed by atoms with E-state index in [1.165, 1.54) is 18.4 Å². The Balaban J connectivity index is 2.94.